The van der Waals surface area contributed by atoms with Crippen LogP contribution in [0.2, 0.25) is 0 Å². The second kappa shape index (κ2) is 14.7. The number of benzene rings is 8. The summed E-state index contributed by atoms with van der Waals surface area (Å²) in [6, 6.07) is 63.9. The van der Waals surface area contributed by atoms with E-state index in [0.717, 1.165) is 14.3 Å². The predicted molar refractivity (Wildman–Crippen MR) is 253 cm³/mol. The molecule has 0 nitrogen and oxygen atoms in total. The van der Waals surface area contributed by atoms with Gasteiger partial charge in [0.05, 0.1) is 0 Å². The zero-order valence-corrected chi connectivity index (χ0v) is 37.9. The molecule has 0 bridgehead atoms. The Bertz CT molecular complexity index is 3050. The molecule has 0 radical (unpaired) electrons. The Morgan fingerprint density at radius 2 is 0.966 bits per heavy atom. The van der Waals surface area contributed by atoms with E-state index in [1.54, 1.807) is 0 Å². The van der Waals surface area contributed by atoms with Gasteiger partial charge < -0.3 is 0 Å². The molecule has 0 amide bonds. The summed E-state index contributed by atoms with van der Waals surface area (Å²) in [5, 5.41) is 4.95. The van der Waals surface area contributed by atoms with Crippen LogP contribution in [0, 0.1) is 12.8 Å². The Kier molecular flexibility index (Phi) is 9.53. The number of rotatable bonds is 7. The van der Waals surface area contributed by atoms with Gasteiger partial charge in [0, 0.05) is 0 Å². The van der Waals surface area contributed by atoms with Crippen LogP contribution in [-0.4, -0.2) is 3.21 Å². The topological polar surface area (TPSA) is 0 Å². The quantitative estimate of drug-likeness (QED) is 0.150. The maximum absolute atomic E-state index is 9.35. The monoisotopic (exact) mass is 878 g/mol. The third-order valence-electron chi connectivity index (χ3n) is 13.2. The minimum absolute atomic E-state index is 0.194. The second-order valence-electron chi connectivity index (χ2n) is 16.9. The summed E-state index contributed by atoms with van der Waals surface area (Å²) in [5.74, 6) is 0.194. The van der Waals surface area contributed by atoms with Gasteiger partial charge in [0.2, 0.25) is 0 Å². The van der Waals surface area contributed by atoms with Crippen molar-refractivity contribution in [2.24, 2.45) is 5.92 Å². The van der Waals surface area contributed by atoms with Gasteiger partial charge in [0.25, 0.3) is 0 Å². The first-order chi connectivity index (χ1) is 28.6. The number of hydrogen-bond acceptors (Lipinski definition) is 0. The molecule has 2 aliphatic carbocycles. The molecule has 59 heavy (non-hydrogen) atoms. The normalized spacial score (nSPS) is 16.3. The van der Waals surface area contributed by atoms with Crippen molar-refractivity contribution in [2.75, 3.05) is 0 Å². The first-order valence-corrected chi connectivity index (χ1v) is 31.2. The third-order valence-corrected chi connectivity index (χ3v) is 33.0. The van der Waals surface area contributed by atoms with Crippen molar-refractivity contribution in [1.82, 2.24) is 0 Å². The Balaban J connectivity index is 1.35. The summed E-state index contributed by atoms with van der Waals surface area (Å²) in [7, 11) is 18.7. The van der Waals surface area contributed by atoms with E-state index >= 15 is 0 Å². The second-order valence-corrected chi connectivity index (χ2v) is 37.4. The van der Waals surface area contributed by atoms with Crippen LogP contribution in [0.3, 0.4) is 0 Å². The molecule has 10 rings (SSSR count). The molecule has 8 aromatic rings. The van der Waals surface area contributed by atoms with E-state index < -0.39 is 15.9 Å². The number of hydrogen-bond donors (Lipinski definition) is 0. The summed E-state index contributed by atoms with van der Waals surface area (Å²) >= 11 is -5.84. The molecule has 288 valence electrons. The van der Waals surface area contributed by atoms with Crippen molar-refractivity contribution in [3.8, 4) is 22.3 Å². The number of allylic oxidation sites excluding steroid dienone is 2. The average Bonchev–Trinajstić information content (AvgIpc) is 3.85. The van der Waals surface area contributed by atoms with Crippen molar-refractivity contribution < 1.29 is 15.9 Å². The molecular formula is C56H46Cl2Zr. The van der Waals surface area contributed by atoms with E-state index in [9.17, 15) is 17.0 Å². The van der Waals surface area contributed by atoms with Crippen LogP contribution in [-0.2, 0) is 15.9 Å². The van der Waals surface area contributed by atoms with E-state index in [1.165, 1.54) is 82.8 Å². The van der Waals surface area contributed by atoms with E-state index in [1.807, 2.05) is 0 Å². The van der Waals surface area contributed by atoms with Gasteiger partial charge >= 0.3 is 359 Å². The number of fused-ring (bicyclic) bond motifs is 4. The fourth-order valence-corrected chi connectivity index (χ4v) is 34.4. The molecule has 2 aliphatic rings. The predicted octanol–water partition coefficient (Wildman–Crippen LogP) is 16.2. The number of halogens is 2. The van der Waals surface area contributed by atoms with Crippen molar-refractivity contribution in [3.05, 3.63) is 226 Å². The van der Waals surface area contributed by atoms with E-state index in [-0.39, 0.29) is 13.2 Å². The Labute approximate surface area is 356 Å². The summed E-state index contributed by atoms with van der Waals surface area (Å²) in [5.41, 5.74) is 15.9. The maximum atomic E-state index is 9.35. The Morgan fingerprint density at radius 1 is 0.475 bits per heavy atom. The third kappa shape index (κ3) is 5.99. The van der Waals surface area contributed by atoms with Crippen molar-refractivity contribution in [1.29, 1.82) is 0 Å². The average molecular weight is 881 g/mol. The molecule has 3 heteroatoms. The fourth-order valence-electron chi connectivity index (χ4n) is 10.8. The zero-order chi connectivity index (χ0) is 40.5. The van der Waals surface area contributed by atoms with E-state index in [0.29, 0.717) is 0 Å². The van der Waals surface area contributed by atoms with Gasteiger partial charge in [-0.05, 0) is 0 Å². The first-order valence-electron chi connectivity index (χ1n) is 20.8. The molecule has 0 heterocycles. The van der Waals surface area contributed by atoms with Crippen molar-refractivity contribution in [2.45, 2.75) is 34.9 Å². The van der Waals surface area contributed by atoms with Crippen LogP contribution < -0.4 is 0 Å². The first kappa shape index (κ1) is 38.3. The van der Waals surface area contributed by atoms with Gasteiger partial charge in [-0.25, -0.2) is 0 Å². The van der Waals surface area contributed by atoms with Gasteiger partial charge in [-0.15, -0.1) is 0 Å². The number of aryl methyl sites for hydroxylation is 1. The molecule has 0 N–H and O–H groups in total. The SMILES string of the molecule is CC1=Cc2c(-c3cccc4ccccc34)ccc(C)c2[CH]1[Zr]([Cl])([Cl])(=[C](c1ccccc1)c1ccccc1)[CH]1C(C(C)C)=Cc2c(-c3cccc4ccccc34)cccc21. The minimum atomic E-state index is -5.84. The summed E-state index contributed by atoms with van der Waals surface area (Å²) in [6.07, 6.45) is 4.90. The molecule has 0 aromatic heterocycles. The van der Waals surface area contributed by atoms with Gasteiger partial charge in [0.1, 0.15) is 0 Å². The summed E-state index contributed by atoms with van der Waals surface area (Å²) in [4.78, 5) is 0. The van der Waals surface area contributed by atoms with Crippen LogP contribution >= 0.6 is 17.0 Å². The van der Waals surface area contributed by atoms with Crippen molar-refractivity contribution >= 4 is 53.9 Å². The van der Waals surface area contributed by atoms with Gasteiger partial charge in [-0.3, -0.25) is 0 Å². The van der Waals surface area contributed by atoms with Gasteiger partial charge in [0.15, 0.2) is 0 Å². The molecule has 0 fully saturated rings. The fraction of sp³-hybridized carbons (Fsp3) is 0.125. The molecule has 0 aliphatic heterocycles. The molecular weight excluding hydrogens is 835 g/mol. The van der Waals surface area contributed by atoms with Crippen LogP contribution in [0.25, 0.3) is 56.0 Å². The molecule has 2 atom stereocenters. The molecule has 8 aromatic carbocycles. The van der Waals surface area contributed by atoms with Gasteiger partial charge in [-0.2, -0.15) is 0 Å². The zero-order valence-electron chi connectivity index (χ0n) is 33.9. The Morgan fingerprint density at radius 3 is 1.54 bits per heavy atom. The van der Waals surface area contributed by atoms with Crippen LogP contribution in [0.4, 0.5) is 0 Å². The van der Waals surface area contributed by atoms with Crippen LogP contribution in [0.15, 0.2) is 187 Å². The van der Waals surface area contributed by atoms with Gasteiger partial charge in [-0.1, -0.05) is 0 Å². The van der Waals surface area contributed by atoms with Crippen LogP contribution in [0.5, 0.6) is 0 Å². The van der Waals surface area contributed by atoms with E-state index in [2.05, 4.69) is 216 Å². The van der Waals surface area contributed by atoms with Crippen molar-refractivity contribution in [3.63, 3.8) is 0 Å². The molecule has 0 saturated carbocycles. The Hall–Kier alpha value is -4.91. The molecule has 0 spiro atoms. The standard InChI is InChI=1S/C22H19.C21H17.C13H10.2ClH.Zr/c1-15(2)18-13-17-9-6-12-21(22(17)14-18)20-11-5-8-16-7-3-4-10-19(16)20;1-14-12-20-15(2)10-11-19(21(20)13-14)18-9-5-7-16-6-3-4-8-17(16)18;1-3-7-12(8-4-1)11-13-9-5-2-6-10-13;;;/h3-15H,1-2H3;3-13H,1-2H3;1-10H;2*1H;/q;;;;;+2/p-2. The molecule has 2 unspecified atom stereocenters. The van der Waals surface area contributed by atoms with E-state index in [4.69, 9.17) is 0 Å². The summed E-state index contributed by atoms with van der Waals surface area (Å²) in [6.45, 7) is 9.21. The van der Waals surface area contributed by atoms with Crippen LogP contribution in [0.1, 0.15) is 67.0 Å². The molecule has 0 saturated heterocycles. The summed E-state index contributed by atoms with van der Waals surface area (Å²) < 4.78 is 0.705.